The molecule has 3 aromatic rings. The van der Waals surface area contributed by atoms with Gasteiger partial charge in [0.1, 0.15) is 5.82 Å². The molecule has 0 spiro atoms. The summed E-state index contributed by atoms with van der Waals surface area (Å²) in [7, 11) is 0. The SMILES string of the molecule is Cc1cc(Cc2ccccc2)nc(CC2CCN(c3nc(C)no3)CC2)n1. The molecule has 2 aromatic heterocycles. The molecule has 0 aliphatic carbocycles. The number of hydrogen-bond acceptors (Lipinski definition) is 6. The van der Waals surface area contributed by atoms with E-state index < -0.39 is 0 Å². The summed E-state index contributed by atoms with van der Waals surface area (Å²) >= 11 is 0. The first-order valence-corrected chi connectivity index (χ1v) is 9.58. The van der Waals surface area contributed by atoms with Gasteiger partial charge in [-0.25, -0.2) is 9.97 Å². The number of piperidine rings is 1. The predicted molar refractivity (Wildman–Crippen MR) is 104 cm³/mol. The molecule has 1 fully saturated rings. The summed E-state index contributed by atoms with van der Waals surface area (Å²) in [5.41, 5.74) is 3.43. The van der Waals surface area contributed by atoms with E-state index in [0.717, 1.165) is 56.0 Å². The fourth-order valence-electron chi connectivity index (χ4n) is 3.69. The molecular weight excluding hydrogens is 338 g/mol. The maximum Gasteiger partial charge on any atom is 0.324 e. The number of anilines is 1. The average Bonchev–Trinajstić information content (AvgIpc) is 3.09. The summed E-state index contributed by atoms with van der Waals surface area (Å²) < 4.78 is 5.29. The molecule has 3 heterocycles. The van der Waals surface area contributed by atoms with Crippen LogP contribution in [0.4, 0.5) is 6.01 Å². The minimum absolute atomic E-state index is 0.594. The molecule has 0 unspecified atom stereocenters. The first-order valence-electron chi connectivity index (χ1n) is 9.58. The quantitative estimate of drug-likeness (QED) is 0.691. The van der Waals surface area contributed by atoms with E-state index >= 15 is 0 Å². The van der Waals surface area contributed by atoms with Gasteiger partial charge < -0.3 is 9.42 Å². The minimum atomic E-state index is 0.594. The van der Waals surface area contributed by atoms with Gasteiger partial charge >= 0.3 is 6.01 Å². The largest absolute Gasteiger partial charge is 0.324 e. The average molecular weight is 363 g/mol. The summed E-state index contributed by atoms with van der Waals surface area (Å²) in [6.45, 7) is 5.78. The second kappa shape index (κ2) is 7.86. The Hall–Kier alpha value is -2.76. The first kappa shape index (κ1) is 17.6. The fourth-order valence-corrected chi connectivity index (χ4v) is 3.69. The molecule has 6 nitrogen and oxygen atoms in total. The van der Waals surface area contributed by atoms with Gasteiger partial charge in [-0.1, -0.05) is 35.5 Å². The Kier molecular flexibility index (Phi) is 5.14. The van der Waals surface area contributed by atoms with E-state index in [4.69, 9.17) is 9.51 Å². The van der Waals surface area contributed by atoms with Crippen LogP contribution >= 0.6 is 0 Å². The van der Waals surface area contributed by atoms with E-state index in [2.05, 4.69) is 57.3 Å². The molecule has 0 N–H and O–H groups in total. The summed E-state index contributed by atoms with van der Waals surface area (Å²) in [5.74, 6) is 2.25. The van der Waals surface area contributed by atoms with Crippen LogP contribution in [0, 0.1) is 19.8 Å². The third-order valence-corrected chi connectivity index (χ3v) is 5.05. The number of rotatable bonds is 5. The van der Waals surface area contributed by atoms with Gasteiger partial charge in [-0.05, 0) is 44.2 Å². The third-order valence-electron chi connectivity index (χ3n) is 5.05. The van der Waals surface area contributed by atoms with Crippen molar-refractivity contribution in [3.8, 4) is 0 Å². The van der Waals surface area contributed by atoms with Gasteiger partial charge in [0.2, 0.25) is 0 Å². The lowest BCUT2D eigenvalue weighted by atomic mass is 9.93. The molecule has 0 bridgehead atoms. The van der Waals surface area contributed by atoms with Crippen molar-refractivity contribution in [3.05, 3.63) is 65.0 Å². The first-order chi connectivity index (χ1) is 13.2. The molecule has 6 heteroatoms. The van der Waals surface area contributed by atoms with Crippen LogP contribution in [0.2, 0.25) is 0 Å². The Balaban J connectivity index is 1.38. The highest BCUT2D eigenvalue weighted by Crippen LogP contribution is 2.24. The Labute approximate surface area is 159 Å². The topological polar surface area (TPSA) is 67.9 Å². The van der Waals surface area contributed by atoms with E-state index in [0.29, 0.717) is 17.8 Å². The number of aryl methyl sites for hydroxylation is 2. The van der Waals surface area contributed by atoms with Crippen LogP contribution in [0.5, 0.6) is 0 Å². The van der Waals surface area contributed by atoms with Crippen LogP contribution in [0.15, 0.2) is 40.9 Å². The molecule has 0 saturated carbocycles. The molecular formula is C21H25N5O. The Bertz CT molecular complexity index is 885. The lowest BCUT2D eigenvalue weighted by Gasteiger charge is -2.30. The molecule has 4 rings (SSSR count). The van der Waals surface area contributed by atoms with Crippen molar-refractivity contribution in [1.82, 2.24) is 20.1 Å². The van der Waals surface area contributed by atoms with E-state index in [9.17, 15) is 0 Å². The molecule has 1 aromatic carbocycles. The van der Waals surface area contributed by atoms with Crippen LogP contribution in [0.3, 0.4) is 0 Å². The van der Waals surface area contributed by atoms with Crippen LogP contribution < -0.4 is 4.90 Å². The molecule has 1 aliphatic heterocycles. The number of benzene rings is 1. The van der Waals surface area contributed by atoms with Crippen molar-refractivity contribution in [1.29, 1.82) is 0 Å². The zero-order chi connectivity index (χ0) is 18.6. The van der Waals surface area contributed by atoms with Gasteiger partial charge in [0.15, 0.2) is 5.82 Å². The lowest BCUT2D eigenvalue weighted by Crippen LogP contribution is -2.34. The zero-order valence-corrected chi connectivity index (χ0v) is 15.9. The minimum Gasteiger partial charge on any atom is -0.324 e. The fraction of sp³-hybridized carbons (Fsp3) is 0.429. The summed E-state index contributed by atoms with van der Waals surface area (Å²) in [5, 5.41) is 3.88. The van der Waals surface area contributed by atoms with Crippen LogP contribution in [0.25, 0.3) is 0 Å². The summed E-state index contributed by atoms with van der Waals surface area (Å²) in [6, 6.07) is 13.2. The predicted octanol–water partition coefficient (Wildman–Crippen LogP) is 3.53. The number of aromatic nitrogens is 4. The van der Waals surface area contributed by atoms with E-state index in [-0.39, 0.29) is 0 Å². The van der Waals surface area contributed by atoms with E-state index in [1.807, 2.05) is 13.0 Å². The monoisotopic (exact) mass is 363 g/mol. The van der Waals surface area contributed by atoms with Crippen LogP contribution in [-0.4, -0.2) is 33.2 Å². The van der Waals surface area contributed by atoms with Gasteiger partial charge in [0.05, 0.1) is 0 Å². The second-order valence-electron chi connectivity index (χ2n) is 7.34. The van der Waals surface area contributed by atoms with E-state index in [1.165, 1.54) is 5.56 Å². The maximum absolute atomic E-state index is 5.29. The van der Waals surface area contributed by atoms with Crippen molar-refractivity contribution in [2.24, 2.45) is 5.92 Å². The Morgan fingerprint density at radius 3 is 2.52 bits per heavy atom. The molecule has 0 radical (unpaired) electrons. The number of nitrogens with zero attached hydrogens (tertiary/aromatic N) is 5. The van der Waals surface area contributed by atoms with Crippen LogP contribution in [0.1, 0.15) is 41.4 Å². The zero-order valence-electron chi connectivity index (χ0n) is 15.9. The highest BCUT2D eigenvalue weighted by atomic mass is 16.5. The Morgan fingerprint density at radius 1 is 1.04 bits per heavy atom. The molecule has 0 atom stereocenters. The maximum atomic E-state index is 5.29. The highest BCUT2D eigenvalue weighted by molar-refractivity contribution is 5.26. The third kappa shape index (κ3) is 4.51. The van der Waals surface area contributed by atoms with Crippen molar-refractivity contribution >= 4 is 6.01 Å². The van der Waals surface area contributed by atoms with Crippen molar-refractivity contribution < 1.29 is 4.52 Å². The van der Waals surface area contributed by atoms with Gasteiger partial charge in [-0.15, -0.1) is 0 Å². The Morgan fingerprint density at radius 2 is 1.81 bits per heavy atom. The molecule has 1 saturated heterocycles. The molecule has 140 valence electrons. The van der Waals surface area contributed by atoms with Crippen LogP contribution in [-0.2, 0) is 12.8 Å². The standard InChI is InChI=1S/C21H25N5O/c1-15-12-19(13-17-6-4-3-5-7-17)24-20(22-15)14-18-8-10-26(11-9-18)21-23-16(2)25-27-21/h3-7,12,18H,8-11,13-14H2,1-2H3. The van der Waals surface area contributed by atoms with E-state index in [1.54, 1.807) is 0 Å². The molecule has 27 heavy (non-hydrogen) atoms. The second-order valence-corrected chi connectivity index (χ2v) is 7.34. The highest BCUT2D eigenvalue weighted by Gasteiger charge is 2.23. The molecule has 1 aliphatic rings. The summed E-state index contributed by atoms with van der Waals surface area (Å²) in [4.78, 5) is 16.0. The normalized spacial score (nSPS) is 15.3. The number of hydrogen-bond donors (Lipinski definition) is 0. The van der Waals surface area contributed by atoms with Gasteiger partial charge in [0.25, 0.3) is 0 Å². The lowest BCUT2D eigenvalue weighted by molar-refractivity contribution is 0.357. The van der Waals surface area contributed by atoms with Gasteiger partial charge in [-0.3, -0.25) is 0 Å². The van der Waals surface area contributed by atoms with Gasteiger partial charge in [0, 0.05) is 37.3 Å². The summed E-state index contributed by atoms with van der Waals surface area (Å²) in [6.07, 6.45) is 3.96. The van der Waals surface area contributed by atoms with Crippen molar-refractivity contribution in [2.45, 2.75) is 39.5 Å². The van der Waals surface area contributed by atoms with Crippen molar-refractivity contribution in [3.63, 3.8) is 0 Å². The van der Waals surface area contributed by atoms with Crippen molar-refractivity contribution in [2.75, 3.05) is 18.0 Å². The molecule has 0 amide bonds. The smallest absolute Gasteiger partial charge is 0.324 e. The van der Waals surface area contributed by atoms with Gasteiger partial charge in [-0.2, -0.15) is 4.98 Å².